The van der Waals surface area contributed by atoms with Crippen molar-refractivity contribution in [2.45, 2.75) is 9.79 Å². The van der Waals surface area contributed by atoms with Crippen LogP contribution in [0.5, 0.6) is 0 Å². The van der Waals surface area contributed by atoms with Gasteiger partial charge < -0.3 is 9.11 Å². The number of fused-ring (bicyclic) bond motifs is 1. The van der Waals surface area contributed by atoms with Crippen LogP contribution in [0.25, 0.3) is 10.8 Å². The van der Waals surface area contributed by atoms with Crippen molar-refractivity contribution in [2.75, 3.05) is 0 Å². The Balaban J connectivity index is 0.00000162. The van der Waals surface area contributed by atoms with Crippen molar-refractivity contribution < 1.29 is 80.8 Å². The molecule has 0 aliphatic rings. The third-order valence-corrected chi connectivity index (χ3v) is 3.90. The Morgan fingerprint density at radius 1 is 0.947 bits per heavy atom. The standard InChI is InChI=1S/C10H8O5S2.2Na/c11-16(12)9-5-6-10(17(13,14)15)8-4-2-1-3-7(8)9;;/h1-6H,(H,11,12)(H,13,14,15);;/q;2*+1/p-2. The van der Waals surface area contributed by atoms with Gasteiger partial charge in [-0.1, -0.05) is 24.3 Å². The van der Waals surface area contributed by atoms with Crippen molar-refractivity contribution >= 4 is 32.0 Å². The van der Waals surface area contributed by atoms with Gasteiger partial charge in [-0.3, -0.25) is 4.21 Å². The van der Waals surface area contributed by atoms with E-state index in [-0.39, 0.29) is 74.8 Å². The fourth-order valence-corrected chi connectivity index (χ4v) is 2.83. The van der Waals surface area contributed by atoms with Crippen LogP contribution in [0.3, 0.4) is 0 Å². The van der Waals surface area contributed by atoms with E-state index in [4.69, 9.17) is 0 Å². The van der Waals surface area contributed by atoms with Gasteiger partial charge in [0.15, 0.2) is 0 Å². The summed E-state index contributed by atoms with van der Waals surface area (Å²) in [5.41, 5.74) is 0. The van der Waals surface area contributed by atoms with Gasteiger partial charge in [-0.2, -0.15) is 0 Å². The topological polar surface area (TPSA) is 97.3 Å². The van der Waals surface area contributed by atoms with E-state index in [0.29, 0.717) is 0 Å². The average Bonchev–Trinajstić information content (AvgIpc) is 2.26. The molecule has 90 valence electrons. The molecule has 0 saturated heterocycles. The first-order valence-electron chi connectivity index (χ1n) is 4.48. The quantitative estimate of drug-likeness (QED) is 0.314. The van der Waals surface area contributed by atoms with Crippen molar-refractivity contribution in [1.82, 2.24) is 0 Å². The maximum absolute atomic E-state index is 11.0. The second-order valence-corrected chi connectivity index (χ2v) is 5.55. The fraction of sp³-hybridized carbons (Fsp3) is 0. The number of hydrogen-bond acceptors (Lipinski definition) is 5. The SMILES string of the molecule is O=S([O-])c1ccc(S(=O)(=O)[O-])c2ccccc12.[Na+].[Na+]. The maximum atomic E-state index is 11.0. The first-order chi connectivity index (χ1) is 7.91. The maximum Gasteiger partial charge on any atom is 1.00 e. The largest absolute Gasteiger partial charge is 1.00 e. The number of benzene rings is 2. The van der Waals surface area contributed by atoms with Gasteiger partial charge in [0.05, 0.1) is 4.90 Å². The molecule has 0 aromatic heterocycles. The summed E-state index contributed by atoms with van der Waals surface area (Å²) in [5, 5.41) is 0.335. The summed E-state index contributed by atoms with van der Waals surface area (Å²) in [6.45, 7) is 0. The molecule has 2 aromatic rings. The molecule has 19 heavy (non-hydrogen) atoms. The second kappa shape index (κ2) is 7.65. The van der Waals surface area contributed by atoms with Crippen molar-refractivity contribution in [2.24, 2.45) is 0 Å². The fourth-order valence-electron chi connectivity index (χ4n) is 1.61. The van der Waals surface area contributed by atoms with E-state index in [1.165, 1.54) is 18.2 Å². The predicted molar refractivity (Wildman–Crippen MR) is 59.1 cm³/mol. The molecule has 0 aliphatic heterocycles. The third kappa shape index (κ3) is 4.34. The van der Waals surface area contributed by atoms with Gasteiger partial charge in [0.1, 0.15) is 10.1 Å². The molecule has 9 heteroatoms. The smallest absolute Gasteiger partial charge is 0.768 e. The number of rotatable bonds is 2. The van der Waals surface area contributed by atoms with Crippen LogP contribution in [0.1, 0.15) is 0 Å². The molecule has 0 fully saturated rings. The Hall–Kier alpha value is 0.720. The molecule has 5 nitrogen and oxygen atoms in total. The van der Waals surface area contributed by atoms with Crippen molar-refractivity contribution in [3.8, 4) is 0 Å². The van der Waals surface area contributed by atoms with Crippen molar-refractivity contribution in [1.29, 1.82) is 0 Å². The summed E-state index contributed by atoms with van der Waals surface area (Å²) in [6, 6.07) is 8.08. The molecule has 0 amide bonds. The summed E-state index contributed by atoms with van der Waals surface area (Å²) in [6.07, 6.45) is 0. The molecule has 0 saturated carbocycles. The summed E-state index contributed by atoms with van der Waals surface area (Å²) < 4.78 is 55.0. The minimum absolute atomic E-state index is 0. The van der Waals surface area contributed by atoms with E-state index in [2.05, 4.69) is 0 Å². The summed E-state index contributed by atoms with van der Waals surface area (Å²) in [7, 11) is -4.62. The van der Waals surface area contributed by atoms with Crippen molar-refractivity contribution in [3.05, 3.63) is 36.4 Å². The molecule has 0 bridgehead atoms. The Morgan fingerprint density at radius 2 is 1.47 bits per heavy atom. The molecule has 0 aliphatic carbocycles. The molecule has 1 atom stereocenters. The minimum Gasteiger partial charge on any atom is -0.768 e. The van der Waals surface area contributed by atoms with Crippen LogP contribution in [0.4, 0.5) is 0 Å². The number of hydrogen-bond donors (Lipinski definition) is 0. The first-order valence-corrected chi connectivity index (χ1v) is 6.96. The molecular formula is C10H6Na2O5S2. The van der Waals surface area contributed by atoms with Gasteiger partial charge in [0, 0.05) is 10.3 Å². The molecule has 0 heterocycles. The summed E-state index contributed by atoms with van der Waals surface area (Å²) in [5.74, 6) is 0. The Labute approximate surface area is 157 Å². The molecule has 0 radical (unpaired) electrons. The minimum atomic E-state index is -4.62. The van der Waals surface area contributed by atoms with Crippen LogP contribution in [-0.4, -0.2) is 21.7 Å². The normalized spacial score (nSPS) is 12.3. The van der Waals surface area contributed by atoms with Gasteiger partial charge >= 0.3 is 59.1 Å². The Morgan fingerprint density at radius 3 is 1.95 bits per heavy atom. The van der Waals surface area contributed by atoms with Gasteiger partial charge in [-0.05, 0) is 28.6 Å². The zero-order valence-corrected chi connectivity index (χ0v) is 16.0. The molecular weight excluding hydrogens is 310 g/mol. The zero-order valence-electron chi connectivity index (χ0n) is 10.3. The Bertz CT molecular complexity index is 715. The molecule has 0 spiro atoms. The molecule has 2 aromatic carbocycles. The first kappa shape index (κ1) is 19.7. The van der Waals surface area contributed by atoms with Gasteiger partial charge in [-0.15, -0.1) is 0 Å². The Kier molecular flexibility index (Phi) is 7.94. The van der Waals surface area contributed by atoms with Crippen LogP contribution in [-0.2, 0) is 21.2 Å². The van der Waals surface area contributed by atoms with E-state index in [0.717, 1.165) is 12.1 Å². The van der Waals surface area contributed by atoms with E-state index in [9.17, 15) is 21.7 Å². The van der Waals surface area contributed by atoms with Gasteiger partial charge in [0.25, 0.3) is 0 Å². The van der Waals surface area contributed by atoms with E-state index in [1.807, 2.05) is 0 Å². The molecule has 0 N–H and O–H groups in total. The van der Waals surface area contributed by atoms with Crippen LogP contribution < -0.4 is 59.1 Å². The summed E-state index contributed by atoms with van der Waals surface area (Å²) >= 11 is -2.49. The average molecular weight is 316 g/mol. The van der Waals surface area contributed by atoms with E-state index < -0.39 is 26.1 Å². The zero-order chi connectivity index (χ0) is 12.6. The van der Waals surface area contributed by atoms with Crippen LogP contribution in [0.2, 0.25) is 0 Å². The van der Waals surface area contributed by atoms with Crippen LogP contribution in [0.15, 0.2) is 46.2 Å². The molecule has 1 unspecified atom stereocenters. The second-order valence-electron chi connectivity index (χ2n) is 3.30. The summed E-state index contributed by atoms with van der Waals surface area (Å²) in [4.78, 5) is -0.449. The van der Waals surface area contributed by atoms with E-state index >= 15 is 0 Å². The van der Waals surface area contributed by atoms with Crippen molar-refractivity contribution in [3.63, 3.8) is 0 Å². The predicted octanol–water partition coefficient (Wildman–Crippen LogP) is -5.01. The molecule has 2 rings (SSSR count). The van der Waals surface area contributed by atoms with Crippen LogP contribution >= 0.6 is 0 Å². The van der Waals surface area contributed by atoms with Gasteiger partial charge in [0.2, 0.25) is 0 Å². The van der Waals surface area contributed by atoms with Gasteiger partial charge in [-0.25, -0.2) is 8.42 Å². The third-order valence-electron chi connectivity index (χ3n) is 2.29. The van der Waals surface area contributed by atoms with Crippen LogP contribution in [0, 0.1) is 0 Å². The monoisotopic (exact) mass is 316 g/mol. The van der Waals surface area contributed by atoms with E-state index in [1.54, 1.807) is 6.07 Å².